The van der Waals surface area contributed by atoms with Crippen molar-refractivity contribution in [2.75, 3.05) is 25.1 Å². The molecule has 7 nitrogen and oxygen atoms in total. The monoisotopic (exact) mass is 473 g/mol. The molecule has 1 saturated carbocycles. The minimum absolute atomic E-state index is 0.0632. The Kier molecular flexibility index (Phi) is 6.13. The summed E-state index contributed by atoms with van der Waals surface area (Å²) in [6.07, 6.45) is 3.13. The molecule has 0 spiro atoms. The summed E-state index contributed by atoms with van der Waals surface area (Å²) in [5.41, 5.74) is 4.62. The molecule has 0 saturated heterocycles. The summed E-state index contributed by atoms with van der Waals surface area (Å²) in [5, 5.41) is 8.58. The number of ether oxygens (including phenoxy) is 1. The second-order valence-corrected chi connectivity index (χ2v) is 10.4. The number of amides is 1. The molecule has 184 valence electrons. The Balaban J connectivity index is 1.37. The van der Waals surface area contributed by atoms with Crippen LogP contribution in [0.5, 0.6) is 5.75 Å². The summed E-state index contributed by atoms with van der Waals surface area (Å²) in [5.74, 6) is 0.695. The maximum absolute atomic E-state index is 13.6. The number of benzene rings is 2. The lowest BCUT2D eigenvalue weighted by Gasteiger charge is -2.34. The smallest absolute Gasteiger partial charge is 0.278 e. The summed E-state index contributed by atoms with van der Waals surface area (Å²) < 4.78 is 6.90. The highest BCUT2D eigenvalue weighted by molar-refractivity contribution is 6.07. The lowest BCUT2D eigenvalue weighted by atomic mass is 9.93. The molecule has 0 N–H and O–H groups in total. The van der Waals surface area contributed by atoms with E-state index in [0.717, 1.165) is 29.4 Å². The molecule has 0 atom stereocenters. The van der Waals surface area contributed by atoms with Gasteiger partial charge in [-0.05, 0) is 82.5 Å². The van der Waals surface area contributed by atoms with Crippen molar-refractivity contribution in [2.45, 2.75) is 64.5 Å². The number of anilines is 1. The van der Waals surface area contributed by atoms with Crippen LogP contribution in [0.15, 0.2) is 48.5 Å². The van der Waals surface area contributed by atoms with E-state index in [9.17, 15) is 4.79 Å². The number of nitrogens with zero attached hydrogens (tertiary/aromatic N) is 5. The zero-order chi connectivity index (χ0) is 24.7. The van der Waals surface area contributed by atoms with Crippen molar-refractivity contribution in [3.05, 3.63) is 65.5 Å². The van der Waals surface area contributed by atoms with Gasteiger partial charge in [0.2, 0.25) is 0 Å². The van der Waals surface area contributed by atoms with Crippen molar-refractivity contribution < 1.29 is 9.53 Å². The first-order valence-corrected chi connectivity index (χ1v) is 12.6. The number of hydrogen-bond acceptors (Lipinski definition) is 5. The minimum atomic E-state index is -0.0632. The highest BCUT2D eigenvalue weighted by Crippen LogP contribution is 2.49. The van der Waals surface area contributed by atoms with E-state index < -0.39 is 0 Å². The van der Waals surface area contributed by atoms with Crippen LogP contribution in [0.1, 0.15) is 62.3 Å². The number of aromatic nitrogens is 3. The molecule has 1 fully saturated rings. The molecule has 1 amide bonds. The Labute approximate surface area is 207 Å². The molecule has 1 aliphatic carbocycles. The zero-order valence-corrected chi connectivity index (χ0v) is 21.4. The molecule has 5 rings (SSSR count). The number of hydrogen-bond donors (Lipinski definition) is 0. The number of carbonyl (C=O) groups excluding carboxylic acids is 1. The molecule has 0 unspecified atom stereocenters. The maximum Gasteiger partial charge on any atom is 0.278 e. The van der Waals surface area contributed by atoms with E-state index in [4.69, 9.17) is 4.74 Å². The summed E-state index contributed by atoms with van der Waals surface area (Å²) in [6.45, 7) is 10.8. The number of fused-ring (bicyclic) bond motifs is 1. The summed E-state index contributed by atoms with van der Waals surface area (Å²) in [7, 11) is 1.63. The van der Waals surface area contributed by atoms with Gasteiger partial charge in [0.1, 0.15) is 5.75 Å². The van der Waals surface area contributed by atoms with Gasteiger partial charge in [-0.3, -0.25) is 9.69 Å². The van der Waals surface area contributed by atoms with Gasteiger partial charge in [-0.2, -0.15) is 0 Å². The lowest BCUT2D eigenvalue weighted by molar-refractivity contribution is 0.0973. The van der Waals surface area contributed by atoms with E-state index in [1.807, 2.05) is 29.2 Å². The van der Waals surface area contributed by atoms with Crippen LogP contribution in [0, 0.1) is 0 Å². The van der Waals surface area contributed by atoms with Gasteiger partial charge in [0.25, 0.3) is 5.91 Å². The summed E-state index contributed by atoms with van der Waals surface area (Å²) in [4.78, 5) is 18.0. The van der Waals surface area contributed by atoms with Crippen LogP contribution in [0.25, 0.3) is 5.69 Å². The second kappa shape index (κ2) is 9.11. The van der Waals surface area contributed by atoms with Gasteiger partial charge < -0.3 is 9.64 Å². The lowest BCUT2D eigenvalue weighted by Crippen LogP contribution is -2.42. The first-order chi connectivity index (χ1) is 16.8. The molecule has 7 heteroatoms. The molecule has 3 aromatic rings. The van der Waals surface area contributed by atoms with Crippen LogP contribution in [-0.2, 0) is 11.8 Å². The molecule has 2 heterocycles. The van der Waals surface area contributed by atoms with Gasteiger partial charge >= 0.3 is 0 Å². The topological polar surface area (TPSA) is 63.5 Å². The Morgan fingerprint density at radius 1 is 0.971 bits per heavy atom. The van der Waals surface area contributed by atoms with E-state index in [1.54, 1.807) is 11.8 Å². The molecule has 2 aromatic carbocycles. The quantitative estimate of drug-likeness (QED) is 0.477. The second-order valence-electron chi connectivity index (χ2n) is 10.4. The van der Waals surface area contributed by atoms with Gasteiger partial charge in [0.15, 0.2) is 5.69 Å². The van der Waals surface area contributed by atoms with Crippen molar-refractivity contribution in [3.8, 4) is 11.4 Å². The van der Waals surface area contributed by atoms with Crippen molar-refractivity contribution in [1.29, 1.82) is 0 Å². The largest absolute Gasteiger partial charge is 0.497 e. The summed E-state index contributed by atoms with van der Waals surface area (Å²) >= 11 is 0. The van der Waals surface area contributed by atoms with E-state index in [-0.39, 0.29) is 11.3 Å². The van der Waals surface area contributed by atoms with Crippen molar-refractivity contribution in [2.24, 2.45) is 0 Å². The third-order valence-corrected chi connectivity index (χ3v) is 7.53. The van der Waals surface area contributed by atoms with Crippen LogP contribution >= 0.6 is 0 Å². The number of rotatable bonds is 8. The normalized spacial score (nSPS) is 16.8. The highest BCUT2D eigenvalue weighted by atomic mass is 16.5. The van der Waals surface area contributed by atoms with Gasteiger partial charge in [-0.1, -0.05) is 17.3 Å². The highest BCUT2D eigenvalue weighted by Gasteiger charge is 2.46. The number of methoxy groups -OCH3 is 1. The Morgan fingerprint density at radius 2 is 1.60 bits per heavy atom. The Bertz CT molecular complexity index is 1190. The first kappa shape index (κ1) is 23.5. The van der Waals surface area contributed by atoms with Gasteiger partial charge in [0, 0.05) is 42.7 Å². The standard InChI is InChI=1S/C28H35N5O2/c1-19(2)32(20(3)4)18-28(15-16-28)21-6-8-22(9-7-21)31-17-14-25-26(27(31)34)33(30-29-25)23-10-12-24(35-5)13-11-23/h6-13,19-20H,14-18H2,1-5H3. The van der Waals surface area contributed by atoms with Gasteiger partial charge in [-0.25, -0.2) is 4.68 Å². The Hall–Kier alpha value is -3.19. The average molecular weight is 474 g/mol. The van der Waals surface area contributed by atoms with Crippen LogP contribution < -0.4 is 9.64 Å². The molecule has 1 aliphatic heterocycles. The first-order valence-electron chi connectivity index (χ1n) is 12.6. The molecule has 35 heavy (non-hydrogen) atoms. The molecule has 2 aliphatic rings. The fourth-order valence-electron chi connectivity index (χ4n) is 5.29. The van der Waals surface area contributed by atoms with E-state index in [0.29, 0.717) is 30.7 Å². The molecule has 0 bridgehead atoms. The van der Waals surface area contributed by atoms with Crippen LogP contribution in [0.2, 0.25) is 0 Å². The van der Waals surface area contributed by atoms with Crippen molar-refractivity contribution in [3.63, 3.8) is 0 Å². The van der Waals surface area contributed by atoms with Crippen molar-refractivity contribution >= 4 is 11.6 Å². The van der Waals surface area contributed by atoms with Gasteiger partial charge in [0.05, 0.1) is 18.5 Å². The molecule has 1 aromatic heterocycles. The van der Waals surface area contributed by atoms with Crippen molar-refractivity contribution in [1.82, 2.24) is 19.9 Å². The predicted octanol–water partition coefficient (Wildman–Crippen LogP) is 4.63. The fraction of sp³-hybridized carbons (Fsp3) is 0.464. The average Bonchev–Trinajstić information content (AvgIpc) is 3.52. The third-order valence-electron chi connectivity index (χ3n) is 7.53. The fourth-order valence-corrected chi connectivity index (χ4v) is 5.29. The summed E-state index contributed by atoms with van der Waals surface area (Å²) in [6, 6.07) is 17.2. The maximum atomic E-state index is 13.6. The number of carbonyl (C=O) groups is 1. The van der Waals surface area contributed by atoms with E-state index in [1.165, 1.54) is 18.4 Å². The van der Waals surface area contributed by atoms with Crippen LogP contribution in [0.4, 0.5) is 5.69 Å². The molecular formula is C28H35N5O2. The third kappa shape index (κ3) is 4.33. The van der Waals surface area contributed by atoms with Crippen LogP contribution in [-0.4, -0.2) is 58.1 Å². The van der Waals surface area contributed by atoms with E-state index >= 15 is 0 Å². The predicted molar refractivity (Wildman–Crippen MR) is 138 cm³/mol. The van der Waals surface area contributed by atoms with Gasteiger partial charge in [-0.15, -0.1) is 5.10 Å². The SMILES string of the molecule is COc1ccc(-n2nnc3c2C(=O)N(c2ccc(C4(CN(C(C)C)C(C)C)CC4)cc2)CC3)cc1. The molecule has 0 radical (unpaired) electrons. The van der Waals surface area contributed by atoms with E-state index in [2.05, 4.69) is 67.2 Å². The minimum Gasteiger partial charge on any atom is -0.497 e. The molecular weight excluding hydrogens is 438 g/mol. The Morgan fingerprint density at radius 3 is 2.17 bits per heavy atom. The van der Waals surface area contributed by atoms with Crippen LogP contribution in [0.3, 0.4) is 0 Å². The zero-order valence-electron chi connectivity index (χ0n) is 21.4.